The molecule has 0 amide bonds. The van der Waals surface area contributed by atoms with Gasteiger partial charge in [-0.2, -0.15) is 0 Å². The summed E-state index contributed by atoms with van der Waals surface area (Å²) < 4.78 is 12.6. The Morgan fingerprint density at radius 3 is 2.75 bits per heavy atom. The molecule has 0 aliphatic rings. The summed E-state index contributed by atoms with van der Waals surface area (Å²) in [5.74, 6) is -0.651. The zero-order valence-corrected chi connectivity index (χ0v) is 6.85. The van der Waals surface area contributed by atoms with E-state index in [0.29, 0.717) is 5.56 Å². The lowest BCUT2D eigenvalue weighted by Gasteiger charge is -1.99. The number of nitrogens with two attached hydrogens (primary N) is 1. The van der Waals surface area contributed by atoms with Gasteiger partial charge >= 0.3 is 0 Å². The van der Waals surface area contributed by atoms with Gasteiger partial charge in [-0.3, -0.25) is 0 Å². The van der Waals surface area contributed by atoms with Crippen LogP contribution in [0.15, 0.2) is 24.4 Å². The van der Waals surface area contributed by atoms with Crippen molar-refractivity contribution < 1.29 is 9.50 Å². The van der Waals surface area contributed by atoms with E-state index in [9.17, 15) is 4.39 Å². The van der Waals surface area contributed by atoms with Gasteiger partial charge < -0.3 is 10.8 Å². The monoisotopic (exact) mass is 187 g/mol. The van der Waals surface area contributed by atoms with E-state index in [0.717, 1.165) is 12.3 Å². The fraction of sp³-hybridized carbons (Fsp3) is 0. The van der Waals surface area contributed by atoms with E-state index in [1.807, 2.05) is 0 Å². The van der Waals surface area contributed by atoms with Crippen molar-refractivity contribution in [2.75, 3.05) is 0 Å². The third-order valence-electron chi connectivity index (χ3n) is 1.37. The fourth-order valence-electron chi connectivity index (χ4n) is 0.752. The number of hydrogen-bond donors (Lipinski definition) is 2. The van der Waals surface area contributed by atoms with Crippen LogP contribution in [0.25, 0.3) is 5.76 Å². The maximum atomic E-state index is 12.6. The Morgan fingerprint density at radius 2 is 2.25 bits per heavy atom. The largest absolute Gasteiger partial charge is 0.506 e. The quantitative estimate of drug-likeness (QED) is 0.663. The van der Waals surface area contributed by atoms with Gasteiger partial charge in [-0.25, -0.2) is 4.39 Å². The van der Waals surface area contributed by atoms with Crippen molar-refractivity contribution in [3.05, 3.63) is 40.8 Å². The lowest BCUT2D eigenvalue weighted by Crippen LogP contribution is -1.89. The minimum absolute atomic E-state index is 0.0408. The second-order valence-corrected chi connectivity index (χ2v) is 2.59. The van der Waals surface area contributed by atoms with Crippen LogP contribution in [0.4, 0.5) is 4.39 Å². The minimum atomic E-state index is -0.523. The SMILES string of the molecule is N/C=C(\O)c1ccc(F)c(Cl)c1. The summed E-state index contributed by atoms with van der Waals surface area (Å²) in [7, 11) is 0. The van der Waals surface area contributed by atoms with Crippen LogP contribution >= 0.6 is 11.6 Å². The van der Waals surface area contributed by atoms with Crippen molar-refractivity contribution in [3.8, 4) is 0 Å². The summed E-state index contributed by atoms with van der Waals surface area (Å²) in [6.45, 7) is 0. The molecule has 0 unspecified atom stereocenters. The zero-order chi connectivity index (χ0) is 9.14. The summed E-state index contributed by atoms with van der Waals surface area (Å²) in [6, 6.07) is 3.85. The molecule has 1 aromatic rings. The van der Waals surface area contributed by atoms with Gasteiger partial charge in [0, 0.05) is 11.8 Å². The van der Waals surface area contributed by atoms with Crippen LogP contribution in [0.5, 0.6) is 0 Å². The van der Waals surface area contributed by atoms with E-state index >= 15 is 0 Å². The summed E-state index contributed by atoms with van der Waals surface area (Å²) in [4.78, 5) is 0. The van der Waals surface area contributed by atoms with E-state index in [1.165, 1.54) is 12.1 Å². The topological polar surface area (TPSA) is 46.2 Å². The summed E-state index contributed by atoms with van der Waals surface area (Å²) >= 11 is 5.46. The van der Waals surface area contributed by atoms with Crippen LogP contribution in [-0.2, 0) is 0 Å². The molecule has 0 bridgehead atoms. The van der Waals surface area contributed by atoms with E-state index in [-0.39, 0.29) is 10.8 Å². The normalized spacial score (nSPS) is 11.7. The molecular weight excluding hydrogens is 181 g/mol. The molecule has 1 aromatic carbocycles. The van der Waals surface area contributed by atoms with Crippen molar-refractivity contribution in [2.24, 2.45) is 5.73 Å². The van der Waals surface area contributed by atoms with E-state index in [1.54, 1.807) is 0 Å². The maximum absolute atomic E-state index is 12.6. The molecule has 0 saturated carbocycles. The molecule has 12 heavy (non-hydrogen) atoms. The number of hydrogen-bond acceptors (Lipinski definition) is 2. The molecule has 3 N–H and O–H groups in total. The summed E-state index contributed by atoms with van der Waals surface area (Å²) in [5.41, 5.74) is 5.44. The Morgan fingerprint density at radius 1 is 1.58 bits per heavy atom. The Bertz CT molecular complexity index is 325. The average molecular weight is 188 g/mol. The van der Waals surface area contributed by atoms with Crippen LogP contribution in [0.2, 0.25) is 5.02 Å². The lowest BCUT2D eigenvalue weighted by atomic mass is 10.2. The molecule has 0 atom stereocenters. The number of aliphatic hydroxyl groups excluding tert-OH is 1. The highest BCUT2D eigenvalue weighted by Crippen LogP contribution is 2.19. The van der Waals surface area contributed by atoms with Crippen LogP contribution in [0, 0.1) is 5.82 Å². The fourth-order valence-corrected chi connectivity index (χ4v) is 0.932. The van der Waals surface area contributed by atoms with E-state index in [4.69, 9.17) is 22.4 Å². The average Bonchev–Trinajstić information content (AvgIpc) is 2.08. The second kappa shape index (κ2) is 3.45. The first kappa shape index (κ1) is 8.87. The Labute approximate surface area is 74.1 Å². The standard InChI is InChI=1S/C8H7ClFNO/c9-6-3-5(8(12)4-11)1-2-7(6)10/h1-4,12H,11H2/b8-4-. The first-order chi connectivity index (χ1) is 5.65. The highest BCUT2D eigenvalue weighted by Gasteiger charge is 2.02. The Kier molecular flexibility index (Phi) is 2.55. The molecule has 2 nitrogen and oxygen atoms in total. The van der Waals surface area contributed by atoms with Gasteiger partial charge in [-0.15, -0.1) is 0 Å². The predicted octanol–water partition coefficient (Wildman–Crippen LogP) is 2.29. The van der Waals surface area contributed by atoms with Crippen molar-refractivity contribution in [1.82, 2.24) is 0 Å². The van der Waals surface area contributed by atoms with Gasteiger partial charge in [0.25, 0.3) is 0 Å². The third-order valence-corrected chi connectivity index (χ3v) is 1.66. The number of benzene rings is 1. The highest BCUT2D eigenvalue weighted by molar-refractivity contribution is 6.30. The predicted molar refractivity (Wildman–Crippen MR) is 46.2 cm³/mol. The Balaban J connectivity index is 3.13. The molecule has 0 aromatic heterocycles. The van der Waals surface area contributed by atoms with E-state index < -0.39 is 5.82 Å². The van der Waals surface area contributed by atoms with Crippen molar-refractivity contribution >= 4 is 17.4 Å². The van der Waals surface area contributed by atoms with Crippen LogP contribution in [0.1, 0.15) is 5.56 Å². The minimum Gasteiger partial charge on any atom is -0.506 e. The third kappa shape index (κ3) is 1.68. The molecule has 64 valence electrons. The molecule has 0 aliphatic heterocycles. The molecule has 0 fully saturated rings. The first-order valence-electron chi connectivity index (χ1n) is 3.21. The molecule has 0 aliphatic carbocycles. The van der Waals surface area contributed by atoms with Gasteiger partial charge in [-0.05, 0) is 18.2 Å². The number of halogens is 2. The van der Waals surface area contributed by atoms with Gasteiger partial charge in [0.1, 0.15) is 11.6 Å². The van der Waals surface area contributed by atoms with Crippen LogP contribution < -0.4 is 5.73 Å². The van der Waals surface area contributed by atoms with Crippen molar-refractivity contribution in [2.45, 2.75) is 0 Å². The molecule has 0 radical (unpaired) electrons. The maximum Gasteiger partial charge on any atom is 0.141 e. The first-order valence-corrected chi connectivity index (χ1v) is 3.59. The summed E-state index contributed by atoms with van der Waals surface area (Å²) in [6.07, 6.45) is 1.02. The smallest absolute Gasteiger partial charge is 0.141 e. The molecule has 0 spiro atoms. The van der Waals surface area contributed by atoms with Crippen molar-refractivity contribution in [3.63, 3.8) is 0 Å². The molecular formula is C8H7ClFNO. The van der Waals surface area contributed by atoms with E-state index in [2.05, 4.69) is 0 Å². The lowest BCUT2D eigenvalue weighted by molar-refractivity contribution is 0.510. The molecule has 1 rings (SSSR count). The Hall–Kier alpha value is -1.22. The zero-order valence-electron chi connectivity index (χ0n) is 6.09. The molecule has 0 saturated heterocycles. The molecule has 4 heteroatoms. The van der Waals surface area contributed by atoms with Gasteiger partial charge in [0.2, 0.25) is 0 Å². The number of aliphatic hydroxyl groups is 1. The van der Waals surface area contributed by atoms with Gasteiger partial charge in [0.15, 0.2) is 0 Å². The second-order valence-electron chi connectivity index (χ2n) is 2.18. The van der Waals surface area contributed by atoms with Gasteiger partial charge in [-0.1, -0.05) is 11.6 Å². The van der Waals surface area contributed by atoms with Crippen LogP contribution in [0.3, 0.4) is 0 Å². The van der Waals surface area contributed by atoms with Crippen molar-refractivity contribution in [1.29, 1.82) is 0 Å². The highest BCUT2D eigenvalue weighted by atomic mass is 35.5. The van der Waals surface area contributed by atoms with Gasteiger partial charge in [0.05, 0.1) is 5.02 Å². The van der Waals surface area contributed by atoms with Crippen LogP contribution in [-0.4, -0.2) is 5.11 Å². The molecule has 0 heterocycles. The summed E-state index contributed by atoms with van der Waals surface area (Å²) in [5, 5.41) is 9.06. The number of rotatable bonds is 1.